The van der Waals surface area contributed by atoms with Gasteiger partial charge in [0.1, 0.15) is 16.3 Å². The number of rotatable bonds is 1. The molecule has 3 rings (SSSR count). The topological polar surface area (TPSA) is 66.0 Å². The molecule has 0 amide bonds. The van der Waals surface area contributed by atoms with E-state index in [2.05, 4.69) is 26.0 Å². The second kappa shape index (κ2) is 4.27. The molecule has 5 nitrogen and oxygen atoms in total. The molecule has 0 aliphatic carbocycles. The van der Waals surface area contributed by atoms with Crippen molar-refractivity contribution in [2.24, 2.45) is 0 Å². The van der Waals surface area contributed by atoms with Crippen molar-refractivity contribution in [3.63, 3.8) is 0 Å². The average molecular weight is 297 g/mol. The monoisotopic (exact) mass is 296 g/mol. The normalized spacial score (nSPS) is 20.9. The minimum absolute atomic E-state index is 0.0300. The summed E-state index contributed by atoms with van der Waals surface area (Å²) in [6.45, 7) is 0.801. The highest BCUT2D eigenvalue weighted by Gasteiger charge is 2.18. The van der Waals surface area contributed by atoms with Gasteiger partial charge in [0.25, 0.3) is 0 Å². The summed E-state index contributed by atoms with van der Waals surface area (Å²) in [6, 6.07) is 0. The molecule has 1 atom stereocenters. The molecule has 1 fully saturated rings. The number of ether oxygens (including phenoxy) is 1. The van der Waals surface area contributed by atoms with Gasteiger partial charge in [0, 0.05) is 18.2 Å². The van der Waals surface area contributed by atoms with Crippen molar-refractivity contribution in [3.05, 3.63) is 17.0 Å². The third kappa shape index (κ3) is 1.91. The van der Waals surface area contributed by atoms with Gasteiger partial charge in [-0.2, -0.15) is 5.10 Å². The Labute approximate surface area is 107 Å². The maximum Gasteiger partial charge on any atom is 0.150 e. The van der Waals surface area contributed by atoms with Crippen LogP contribution in [-0.2, 0) is 4.74 Å². The van der Waals surface area contributed by atoms with Crippen molar-refractivity contribution in [1.29, 1.82) is 0 Å². The van der Waals surface area contributed by atoms with Crippen molar-refractivity contribution in [2.45, 2.75) is 25.5 Å². The van der Waals surface area contributed by atoms with Gasteiger partial charge in [-0.05, 0) is 35.2 Å². The van der Waals surface area contributed by atoms with E-state index in [9.17, 15) is 0 Å². The molecule has 2 aromatic rings. The third-order valence-corrected chi connectivity index (χ3v) is 3.59. The first-order chi connectivity index (χ1) is 8.25. The minimum Gasteiger partial charge on any atom is -0.397 e. The first kappa shape index (κ1) is 11.0. The van der Waals surface area contributed by atoms with Crippen molar-refractivity contribution in [1.82, 2.24) is 14.8 Å². The summed E-state index contributed by atoms with van der Waals surface area (Å²) in [5.74, 6) is 0. The molecule has 1 saturated heterocycles. The Bertz CT molecular complexity index is 509. The molecule has 2 aromatic heterocycles. The van der Waals surface area contributed by atoms with Crippen LogP contribution in [0, 0.1) is 0 Å². The van der Waals surface area contributed by atoms with Gasteiger partial charge < -0.3 is 10.5 Å². The highest BCUT2D eigenvalue weighted by molar-refractivity contribution is 9.10. The number of fused-ring (bicyclic) bond motifs is 1. The summed E-state index contributed by atoms with van der Waals surface area (Å²) in [6.07, 6.45) is 6.91. The fourth-order valence-electron chi connectivity index (χ4n) is 2.09. The van der Waals surface area contributed by atoms with Crippen LogP contribution in [-0.4, -0.2) is 21.4 Å². The molecule has 1 aliphatic rings. The maximum atomic E-state index is 5.89. The summed E-state index contributed by atoms with van der Waals surface area (Å²) < 4.78 is 8.27. The van der Waals surface area contributed by atoms with E-state index in [-0.39, 0.29) is 6.23 Å². The first-order valence-corrected chi connectivity index (χ1v) is 6.45. The lowest BCUT2D eigenvalue weighted by molar-refractivity contribution is -0.0390. The van der Waals surface area contributed by atoms with Crippen LogP contribution in [0.1, 0.15) is 25.5 Å². The number of nitrogens with zero attached hydrogens (tertiary/aromatic N) is 3. The Morgan fingerprint density at radius 2 is 2.35 bits per heavy atom. The van der Waals surface area contributed by atoms with E-state index in [4.69, 9.17) is 10.5 Å². The van der Waals surface area contributed by atoms with Gasteiger partial charge in [-0.25, -0.2) is 9.67 Å². The van der Waals surface area contributed by atoms with Crippen LogP contribution in [0.5, 0.6) is 0 Å². The molecule has 17 heavy (non-hydrogen) atoms. The Morgan fingerprint density at radius 1 is 1.47 bits per heavy atom. The molecule has 0 saturated carbocycles. The van der Waals surface area contributed by atoms with Crippen molar-refractivity contribution < 1.29 is 4.74 Å². The quantitative estimate of drug-likeness (QED) is 0.821. The van der Waals surface area contributed by atoms with Crippen LogP contribution >= 0.6 is 15.9 Å². The highest BCUT2D eigenvalue weighted by atomic mass is 79.9. The predicted octanol–water partition coefficient (Wildman–Crippen LogP) is 2.48. The predicted molar refractivity (Wildman–Crippen MR) is 68.5 cm³/mol. The van der Waals surface area contributed by atoms with Gasteiger partial charge in [0.05, 0.1) is 11.9 Å². The Hall–Kier alpha value is -1.14. The number of halogens is 1. The van der Waals surface area contributed by atoms with Gasteiger partial charge >= 0.3 is 0 Å². The van der Waals surface area contributed by atoms with E-state index in [1.165, 1.54) is 6.42 Å². The molecule has 0 spiro atoms. The van der Waals surface area contributed by atoms with E-state index in [1.54, 1.807) is 6.20 Å². The number of nitrogen functional groups attached to an aromatic ring is 1. The van der Waals surface area contributed by atoms with E-state index >= 15 is 0 Å². The first-order valence-electron chi connectivity index (χ1n) is 5.66. The van der Waals surface area contributed by atoms with Crippen LogP contribution in [0.3, 0.4) is 0 Å². The third-order valence-electron chi connectivity index (χ3n) is 3.01. The zero-order chi connectivity index (χ0) is 11.8. The molecular weight excluding hydrogens is 284 g/mol. The maximum absolute atomic E-state index is 5.89. The lowest BCUT2D eigenvalue weighted by Gasteiger charge is -2.22. The summed E-state index contributed by atoms with van der Waals surface area (Å²) >= 11 is 3.39. The molecule has 0 bridgehead atoms. The zero-order valence-electron chi connectivity index (χ0n) is 9.27. The molecule has 1 aliphatic heterocycles. The second-order valence-electron chi connectivity index (χ2n) is 4.20. The van der Waals surface area contributed by atoms with Gasteiger partial charge in [-0.1, -0.05) is 0 Å². The van der Waals surface area contributed by atoms with Crippen LogP contribution in [0.25, 0.3) is 10.9 Å². The molecule has 6 heteroatoms. The van der Waals surface area contributed by atoms with Gasteiger partial charge in [-0.15, -0.1) is 0 Å². The number of hydrogen-bond donors (Lipinski definition) is 1. The summed E-state index contributed by atoms with van der Waals surface area (Å²) in [4.78, 5) is 4.14. The van der Waals surface area contributed by atoms with Gasteiger partial charge in [0.2, 0.25) is 0 Å². The van der Waals surface area contributed by atoms with Gasteiger partial charge in [0.15, 0.2) is 0 Å². The Balaban J connectivity index is 2.06. The Kier molecular flexibility index (Phi) is 2.76. The zero-order valence-corrected chi connectivity index (χ0v) is 10.9. The smallest absolute Gasteiger partial charge is 0.150 e. The van der Waals surface area contributed by atoms with Crippen LogP contribution in [0.4, 0.5) is 5.69 Å². The number of nitrogens with two attached hydrogens (primary N) is 1. The van der Waals surface area contributed by atoms with Crippen molar-refractivity contribution >= 4 is 32.5 Å². The summed E-state index contributed by atoms with van der Waals surface area (Å²) in [5.41, 5.74) is 7.33. The summed E-state index contributed by atoms with van der Waals surface area (Å²) in [7, 11) is 0. The van der Waals surface area contributed by atoms with Crippen molar-refractivity contribution in [2.75, 3.05) is 12.3 Å². The number of anilines is 1. The van der Waals surface area contributed by atoms with Gasteiger partial charge in [-0.3, -0.25) is 0 Å². The fourth-order valence-corrected chi connectivity index (χ4v) is 2.49. The van der Waals surface area contributed by atoms with Crippen LogP contribution in [0.2, 0.25) is 0 Å². The van der Waals surface area contributed by atoms with E-state index in [1.807, 2.05) is 10.9 Å². The van der Waals surface area contributed by atoms with E-state index in [0.29, 0.717) is 5.69 Å². The highest BCUT2D eigenvalue weighted by Crippen LogP contribution is 2.29. The summed E-state index contributed by atoms with van der Waals surface area (Å²) in [5, 5.41) is 5.42. The SMILES string of the molecule is Nc1cnc(Br)c2nn(C3CCCCO3)cc12. The Morgan fingerprint density at radius 3 is 3.06 bits per heavy atom. The molecule has 0 aromatic carbocycles. The largest absolute Gasteiger partial charge is 0.397 e. The number of hydrogen-bond acceptors (Lipinski definition) is 4. The van der Waals surface area contributed by atoms with Crippen molar-refractivity contribution in [3.8, 4) is 0 Å². The van der Waals surface area contributed by atoms with E-state index in [0.717, 1.165) is 35.0 Å². The average Bonchev–Trinajstić information content (AvgIpc) is 2.81. The molecule has 90 valence electrons. The number of pyridine rings is 1. The van der Waals surface area contributed by atoms with Crippen LogP contribution < -0.4 is 5.73 Å². The molecule has 0 radical (unpaired) electrons. The second-order valence-corrected chi connectivity index (χ2v) is 4.95. The minimum atomic E-state index is 0.0300. The molecular formula is C11H13BrN4O. The molecule has 2 N–H and O–H groups in total. The number of aromatic nitrogens is 3. The lowest BCUT2D eigenvalue weighted by atomic mass is 10.2. The molecule has 1 unspecified atom stereocenters. The van der Waals surface area contributed by atoms with E-state index < -0.39 is 0 Å². The van der Waals surface area contributed by atoms with Crippen LogP contribution in [0.15, 0.2) is 17.0 Å². The standard InChI is InChI=1S/C11H13BrN4O/c12-11-10-7(8(13)5-14-11)6-16(15-10)9-3-1-2-4-17-9/h5-6,9H,1-4,13H2. The fraction of sp³-hybridized carbons (Fsp3) is 0.455. The lowest BCUT2D eigenvalue weighted by Crippen LogP contribution is -2.18. The molecule has 3 heterocycles.